The Balaban J connectivity index is 2.08. The summed E-state index contributed by atoms with van der Waals surface area (Å²) in [6.45, 7) is 0. The third-order valence-corrected chi connectivity index (χ3v) is 3.69. The van der Waals surface area contributed by atoms with Crippen LogP contribution in [0.15, 0.2) is 12.3 Å². The molecule has 106 valence electrons. The van der Waals surface area contributed by atoms with Crippen molar-refractivity contribution in [1.82, 2.24) is 10.3 Å². The van der Waals surface area contributed by atoms with Crippen LogP contribution in [0.3, 0.4) is 0 Å². The molecule has 3 N–H and O–H groups in total. The molecule has 2 atom stereocenters. The lowest BCUT2D eigenvalue weighted by atomic mass is 9.90. The number of anilines is 1. The van der Waals surface area contributed by atoms with Crippen molar-refractivity contribution in [2.75, 3.05) is 5.32 Å². The number of nitrogens with zero attached hydrogens (tertiary/aromatic N) is 2. The maximum absolute atomic E-state index is 10.8. The highest BCUT2D eigenvalue weighted by Crippen LogP contribution is 2.24. The highest BCUT2D eigenvalue weighted by atomic mass is 35.5. The van der Waals surface area contributed by atoms with Crippen LogP contribution in [-0.2, 0) is 0 Å². The van der Waals surface area contributed by atoms with Gasteiger partial charge in [0, 0.05) is 18.3 Å². The van der Waals surface area contributed by atoms with E-state index >= 15 is 0 Å². The van der Waals surface area contributed by atoms with Gasteiger partial charge in [-0.2, -0.15) is 5.26 Å². The van der Waals surface area contributed by atoms with E-state index in [-0.39, 0.29) is 12.1 Å². The fraction of sp³-hybridized carbons (Fsp3) is 0.462. The van der Waals surface area contributed by atoms with Gasteiger partial charge in [0.05, 0.1) is 16.6 Å². The number of carbonyl (C=O) groups is 1. The summed E-state index contributed by atoms with van der Waals surface area (Å²) in [6, 6.07) is 3.38. The molecule has 1 heterocycles. The Morgan fingerprint density at radius 2 is 2.15 bits per heavy atom. The van der Waals surface area contributed by atoms with Gasteiger partial charge >= 0.3 is 6.09 Å². The molecule has 1 aliphatic rings. The second-order valence-electron chi connectivity index (χ2n) is 4.75. The van der Waals surface area contributed by atoms with E-state index in [0.29, 0.717) is 16.4 Å². The molecule has 1 aliphatic carbocycles. The molecule has 7 heteroatoms. The molecular formula is C13H15ClN4O2. The quantitative estimate of drug-likeness (QED) is 0.796. The molecule has 0 aliphatic heterocycles. The van der Waals surface area contributed by atoms with E-state index in [1.165, 1.54) is 6.20 Å². The van der Waals surface area contributed by atoms with Crippen molar-refractivity contribution >= 4 is 23.5 Å². The second kappa shape index (κ2) is 6.44. The first-order valence-corrected chi connectivity index (χ1v) is 6.79. The Labute approximate surface area is 121 Å². The molecule has 2 rings (SSSR count). The maximum Gasteiger partial charge on any atom is 0.404 e. The van der Waals surface area contributed by atoms with Crippen molar-refractivity contribution in [1.29, 1.82) is 5.26 Å². The number of rotatable bonds is 3. The van der Waals surface area contributed by atoms with Crippen LogP contribution >= 0.6 is 11.6 Å². The van der Waals surface area contributed by atoms with Gasteiger partial charge in [-0.15, -0.1) is 0 Å². The summed E-state index contributed by atoms with van der Waals surface area (Å²) in [6.07, 6.45) is 4.10. The molecule has 6 nitrogen and oxygen atoms in total. The fourth-order valence-corrected chi connectivity index (χ4v) is 2.61. The molecule has 1 aromatic heterocycles. The largest absolute Gasteiger partial charge is 0.465 e. The fourth-order valence-electron chi connectivity index (χ4n) is 2.42. The molecule has 1 fully saturated rings. The monoisotopic (exact) mass is 294 g/mol. The molecule has 0 saturated heterocycles. The summed E-state index contributed by atoms with van der Waals surface area (Å²) >= 11 is 5.96. The SMILES string of the molecule is N#Cc1cnc(N[C@@H]2CCCC[C@@H]2NC(=O)O)cc1Cl. The molecule has 0 bridgehead atoms. The van der Waals surface area contributed by atoms with E-state index in [0.717, 1.165) is 25.7 Å². The standard InChI is InChI=1S/C13H15ClN4O2/c14-9-5-12(16-7-8(9)6-15)17-10-3-1-2-4-11(10)18-13(19)20/h5,7,10-11,18H,1-4H2,(H,16,17)(H,19,20)/t10-,11+/m1/s1. The van der Waals surface area contributed by atoms with Crippen LogP contribution in [0.5, 0.6) is 0 Å². The van der Waals surface area contributed by atoms with Crippen molar-refractivity contribution in [3.05, 3.63) is 22.8 Å². The van der Waals surface area contributed by atoms with Gasteiger partial charge in [-0.3, -0.25) is 0 Å². The predicted octanol–water partition coefficient (Wildman–Crippen LogP) is 2.60. The number of pyridine rings is 1. The number of hydrogen-bond donors (Lipinski definition) is 3. The van der Waals surface area contributed by atoms with Gasteiger partial charge in [-0.1, -0.05) is 24.4 Å². The molecule has 20 heavy (non-hydrogen) atoms. The third kappa shape index (κ3) is 3.52. The van der Waals surface area contributed by atoms with Crippen molar-refractivity contribution in [3.8, 4) is 6.07 Å². The number of amides is 1. The number of halogens is 1. The summed E-state index contributed by atoms with van der Waals surface area (Å²) in [4.78, 5) is 14.9. The number of hydrogen-bond acceptors (Lipinski definition) is 4. The summed E-state index contributed by atoms with van der Waals surface area (Å²) < 4.78 is 0. The van der Waals surface area contributed by atoms with Crippen molar-refractivity contribution in [2.24, 2.45) is 0 Å². The van der Waals surface area contributed by atoms with Crippen molar-refractivity contribution in [2.45, 2.75) is 37.8 Å². The Kier molecular flexibility index (Phi) is 4.64. The minimum absolute atomic E-state index is 0.0173. The van der Waals surface area contributed by atoms with E-state index in [1.54, 1.807) is 6.07 Å². The number of nitriles is 1. The Morgan fingerprint density at radius 1 is 1.45 bits per heavy atom. The van der Waals surface area contributed by atoms with Gasteiger partial charge in [0.15, 0.2) is 0 Å². The first-order chi connectivity index (χ1) is 9.60. The number of nitrogens with one attached hydrogen (secondary N) is 2. The molecule has 0 aromatic carbocycles. The van der Waals surface area contributed by atoms with E-state index in [1.807, 2.05) is 6.07 Å². The van der Waals surface area contributed by atoms with Crippen LogP contribution < -0.4 is 10.6 Å². The Bertz CT molecular complexity index is 544. The van der Waals surface area contributed by atoms with Gasteiger partial charge in [0.1, 0.15) is 11.9 Å². The van der Waals surface area contributed by atoms with Gasteiger partial charge in [-0.05, 0) is 12.8 Å². The summed E-state index contributed by atoms with van der Waals surface area (Å²) in [5, 5.41) is 23.7. The minimum Gasteiger partial charge on any atom is -0.465 e. The zero-order chi connectivity index (χ0) is 14.5. The zero-order valence-electron chi connectivity index (χ0n) is 10.8. The highest BCUT2D eigenvalue weighted by molar-refractivity contribution is 6.31. The highest BCUT2D eigenvalue weighted by Gasteiger charge is 2.26. The van der Waals surface area contributed by atoms with Crippen molar-refractivity contribution < 1.29 is 9.90 Å². The van der Waals surface area contributed by atoms with Crippen LogP contribution in [0.1, 0.15) is 31.2 Å². The Hall–Kier alpha value is -2.00. The van der Waals surface area contributed by atoms with Gasteiger partial charge in [0.25, 0.3) is 0 Å². The average Bonchev–Trinajstić information content (AvgIpc) is 2.41. The zero-order valence-corrected chi connectivity index (χ0v) is 11.5. The van der Waals surface area contributed by atoms with E-state index in [9.17, 15) is 4.79 Å². The summed E-state index contributed by atoms with van der Waals surface area (Å²) in [5.74, 6) is 0.554. The lowest BCUT2D eigenvalue weighted by Crippen LogP contribution is -2.48. The Morgan fingerprint density at radius 3 is 2.75 bits per heavy atom. The van der Waals surface area contributed by atoms with E-state index < -0.39 is 6.09 Å². The molecule has 1 amide bonds. The first-order valence-electron chi connectivity index (χ1n) is 6.42. The molecule has 1 aromatic rings. The smallest absolute Gasteiger partial charge is 0.404 e. The van der Waals surface area contributed by atoms with Gasteiger partial charge in [-0.25, -0.2) is 9.78 Å². The average molecular weight is 295 g/mol. The lowest BCUT2D eigenvalue weighted by molar-refractivity contribution is 0.184. The summed E-state index contributed by atoms with van der Waals surface area (Å²) in [7, 11) is 0. The molecule has 0 radical (unpaired) electrons. The van der Waals surface area contributed by atoms with Crippen molar-refractivity contribution in [3.63, 3.8) is 0 Å². The molecule has 1 saturated carbocycles. The molecule has 0 unspecified atom stereocenters. The predicted molar refractivity (Wildman–Crippen MR) is 74.8 cm³/mol. The number of carboxylic acid groups (broad SMARTS) is 1. The maximum atomic E-state index is 10.8. The minimum atomic E-state index is -1.02. The topological polar surface area (TPSA) is 98.0 Å². The normalized spacial score (nSPS) is 21.8. The van der Waals surface area contributed by atoms with Crippen LogP contribution in [0.25, 0.3) is 0 Å². The summed E-state index contributed by atoms with van der Waals surface area (Å²) in [5.41, 5.74) is 0.320. The second-order valence-corrected chi connectivity index (χ2v) is 5.16. The third-order valence-electron chi connectivity index (χ3n) is 3.38. The first kappa shape index (κ1) is 14.4. The lowest BCUT2D eigenvalue weighted by Gasteiger charge is -2.32. The van der Waals surface area contributed by atoms with Crippen LogP contribution in [-0.4, -0.2) is 28.3 Å². The van der Waals surface area contributed by atoms with Crippen LogP contribution in [0.4, 0.5) is 10.6 Å². The molecular weight excluding hydrogens is 280 g/mol. The molecule has 0 spiro atoms. The van der Waals surface area contributed by atoms with E-state index in [4.69, 9.17) is 22.0 Å². The van der Waals surface area contributed by atoms with E-state index in [2.05, 4.69) is 15.6 Å². The van der Waals surface area contributed by atoms with Gasteiger partial charge in [0.2, 0.25) is 0 Å². The van der Waals surface area contributed by atoms with Crippen LogP contribution in [0.2, 0.25) is 5.02 Å². The van der Waals surface area contributed by atoms with Crippen LogP contribution in [0, 0.1) is 11.3 Å². The number of aromatic nitrogens is 1. The van der Waals surface area contributed by atoms with Gasteiger partial charge < -0.3 is 15.7 Å².